The maximum absolute atomic E-state index is 12.7. The fourth-order valence-corrected chi connectivity index (χ4v) is 3.81. The second kappa shape index (κ2) is 7.56. The van der Waals surface area contributed by atoms with Gasteiger partial charge in [-0.2, -0.15) is 0 Å². The van der Waals surface area contributed by atoms with Gasteiger partial charge in [-0.15, -0.1) is 11.8 Å². The molecule has 2 aliphatic rings. The van der Waals surface area contributed by atoms with Crippen LogP contribution in [-0.2, 0) is 28.6 Å². The van der Waals surface area contributed by atoms with Crippen molar-refractivity contribution in [2.24, 2.45) is 0 Å². The van der Waals surface area contributed by atoms with Crippen LogP contribution in [0.3, 0.4) is 0 Å². The number of alkyl carbamates (subject to hydrolysis) is 1. The highest BCUT2D eigenvalue weighted by Gasteiger charge is 2.55. The van der Waals surface area contributed by atoms with Gasteiger partial charge < -0.3 is 19.5 Å². The average Bonchev–Trinajstić information content (AvgIpc) is 2.54. The van der Waals surface area contributed by atoms with Crippen molar-refractivity contribution >= 4 is 35.7 Å². The van der Waals surface area contributed by atoms with E-state index in [1.54, 1.807) is 20.8 Å². The SMILES string of the molecule is COC(=O)N[C@@H]1C(=O)N2C(C(=O)OC(C)(C)C)=C(COC(C)=O)CSC12. The molecular formula is C16H22N2O7S. The summed E-state index contributed by atoms with van der Waals surface area (Å²) in [4.78, 5) is 49.0. The maximum Gasteiger partial charge on any atom is 0.407 e. The van der Waals surface area contributed by atoms with Crippen LogP contribution in [-0.4, -0.2) is 65.3 Å². The first-order valence-corrected chi connectivity index (χ1v) is 8.98. The average molecular weight is 386 g/mol. The third-order valence-corrected chi connectivity index (χ3v) is 4.89. The first-order valence-electron chi connectivity index (χ1n) is 7.93. The second-order valence-corrected chi connectivity index (χ2v) is 7.86. The predicted octanol–water partition coefficient (Wildman–Crippen LogP) is 0.785. The van der Waals surface area contributed by atoms with Crippen LogP contribution in [0.25, 0.3) is 0 Å². The van der Waals surface area contributed by atoms with Gasteiger partial charge in [0.25, 0.3) is 5.91 Å². The van der Waals surface area contributed by atoms with Gasteiger partial charge in [0.05, 0.1) is 7.11 Å². The molecule has 1 fully saturated rings. The lowest BCUT2D eigenvalue weighted by atomic mass is 10.0. The summed E-state index contributed by atoms with van der Waals surface area (Å²) in [5.74, 6) is -1.26. The number of rotatable bonds is 4. The summed E-state index contributed by atoms with van der Waals surface area (Å²) < 4.78 is 14.9. The van der Waals surface area contributed by atoms with E-state index in [0.717, 1.165) is 0 Å². The molecular weight excluding hydrogens is 364 g/mol. The molecule has 0 spiro atoms. The number of amides is 2. The van der Waals surface area contributed by atoms with Gasteiger partial charge in [-0.3, -0.25) is 14.5 Å². The molecule has 9 nitrogen and oxygen atoms in total. The van der Waals surface area contributed by atoms with Crippen molar-refractivity contribution in [3.8, 4) is 0 Å². The molecule has 1 saturated heterocycles. The monoisotopic (exact) mass is 386 g/mol. The molecule has 2 atom stereocenters. The number of esters is 2. The number of carbonyl (C=O) groups excluding carboxylic acids is 4. The number of thioether (sulfide) groups is 1. The van der Waals surface area contributed by atoms with Crippen molar-refractivity contribution in [3.05, 3.63) is 11.3 Å². The largest absolute Gasteiger partial charge is 0.461 e. The Morgan fingerprint density at radius 2 is 1.96 bits per heavy atom. The van der Waals surface area contributed by atoms with E-state index < -0.39 is 41.0 Å². The first kappa shape index (κ1) is 20.1. The molecule has 0 aromatic carbocycles. The molecule has 1 unspecified atom stereocenters. The first-order chi connectivity index (χ1) is 12.0. The standard InChI is InChI=1S/C16H22N2O7S/c1-8(19)24-6-9-7-26-13-10(17-15(22)23-5)12(20)18(13)11(9)14(21)25-16(2,3)4/h10,13H,6-7H2,1-5H3,(H,17,22)/t10-,13?/m1/s1. The van der Waals surface area contributed by atoms with Crippen LogP contribution in [0.4, 0.5) is 4.79 Å². The van der Waals surface area contributed by atoms with Gasteiger partial charge in [-0.1, -0.05) is 0 Å². The Morgan fingerprint density at radius 3 is 2.50 bits per heavy atom. The molecule has 0 aliphatic carbocycles. The number of nitrogens with zero attached hydrogens (tertiary/aromatic N) is 1. The number of fused-ring (bicyclic) bond motifs is 1. The van der Waals surface area contributed by atoms with Crippen molar-refractivity contribution in [2.75, 3.05) is 19.5 Å². The van der Waals surface area contributed by atoms with E-state index >= 15 is 0 Å². The number of nitrogens with one attached hydrogen (secondary N) is 1. The Morgan fingerprint density at radius 1 is 1.31 bits per heavy atom. The van der Waals surface area contributed by atoms with Gasteiger partial charge in [0.2, 0.25) is 0 Å². The van der Waals surface area contributed by atoms with Crippen LogP contribution < -0.4 is 5.32 Å². The van der Waals surface area contributed by atoms with Crippen molar-refractivity contribution in [1.82, 2.24) is 10.2 Å². The molecule has 0 aromatic rings. The van der Waals surface area contributed by atoms with E-state index in [4.69, 9.17) is 9.47 Å². The molecule has 0 radical (unpaired) electrons. The summed E-state index contributed by atoms with van der Waals surface area (Å²) in [6, 6.07) is -0.792. The Bertz CT molecular complexity index is 668. The number of hydrogen-bond acceptors (Lipinski definition) is 8. The van der Waals surface area contributed by atoms with Crippen LogP contribution in [0, 0.1) is 0 Å². The lowest BCUT2D eigenvalue weighted by Crippen LogP contribution is -2.70. The quantitative estimate of drug-likeness (QED) is 0.429. The fraction of sp³-hybridized carbons (Fsp3) is 0.625. The predicted molar refractivity (Wildman–Crippen MR) is 91.9 cm³/mol. The molecule has 0 aromatic heterocycles. The number of carbonyl (C=O) groups is 4. The van der Waals surface area contributed by atoms with Crippen molar-refractivity contribution in [2.45, 2.75) is 44.7 Å². The summed E-state index contributed by atoms with van der Waals surface area (Å²) in [6.45, 7) is 6.30. The van der Waals surface area contributed by atoms with Crippen LogP contribution >= 0.6 is 11.8 Å². The summed E-state index contributed by atoms with van der Waals surface area (Å²) >= 11 is 1.35. The van der Waals surface area contributed by atoms with Crippen LogP contribution in [0.1, 0.15) is 27.7 Å². The van der Waals surface area contributed by atoms with E-state index in [1.165, 1.54) is 30.7 Å². The summed E-state index contributed by atoms with van der Waals surface area (Å²) in [5, 5.41) is 2.00. The van der Waals surface area contributed by atoms with Gasteiger partial charge in [0, 0.05) is 18.2 Å². The molecule has 0 saturated carbocycles. The molecule has 26 heavy (non-hydrogen) atoms. The van der Waals surface area contributed by atoms with Gasteiger partial charge in [0.15, 0.2) is 0 Å². The minimum atomic E-state index is -0.792. The normalized spacial score (nSPS) is 22.2. The number of β-lactam (4-membered cyclic amide) rings is 1. The summed E-state index contributed by atoms with van der Waals surface area (Å²) in [5.41, 5.74) is -0.202. The number of methoxy groups -OCH3 is 1. The Hall–Kier alpha value is -2.23. The van der Waals surface area contributed by atoms with E-state index in [0.29, 0.717) is 11.3 Å². The third kappa shape index (κ3) is 4.29. The molecule has 2 aliphatic heterocycles. The zero-order valence-electron chi connectivity index (χ0n) is 15.3. The van der Waals surface area contributed by atoms with Crippen LogP contribution in [0.2, 0.25) is 0 Å². The molecule has 1 N–H and O–H groups in total. The smallest absolute Gasteiger partial charge is 0.407 e. The lowest BCUT2D eigenvalue weighted by molar-refractivity contribution is -0.158. The molecule has 2 amide bonds. The zero-order chi connectivity index (χ0) is 19.6. The Balaban J connectivity index is 2.28. The zero-order valence-corrected chi connectivity index (χ0v) is 16.1. The topological polar surface area (TPSA) is 111 Å². The van der Waals surface area contributed by atoms with E-state index in [-0.39, 0.29) is 12.3 Å². The van der Waals surface area contributed by atoms with Crippen molar-refractivity contribution in [3.63, 3.8) is 0 Å². The second-order valence-electron chi connectivity index (χ2n) is 6.76. The minimum Gasteiger partial charge on any atom is -0.461 e. The Kier molecular flexibility index (Phi) is 5.84. The summed E-state index contributed by atoms with van der Waals surface area (Å²) in [6.07, 6.45) is -0.725. The Labute approximate surface area is 155 Å². The van der Waals surface area contributed by atoms with Gasteiger partial charge >= 0.3 is 18.0 Å². The van der Waals surface area contributed by atoms with E-state index in [1.807, 2.05) is 0 Å². The third-order valence-electron chi connectivity index (χ3n) is 3.55. The highest BCUT2D eigenvalue weighted by atomic mass is 32.2. The van der Waals surface area contributed by atoms with E-state index in [9.17, 15) is 19.2 Å². The van der Waals surface area contributed by atoms with E-state index in [2.05, 4.69) is 10.1 Å². The lowest BCUT2D eigenvalue weighted by Gasteiger charge is -2.49. The molecule has 0 bridgehead atoms. The minimum absolute atomic E-state index is 0.0674. The van der Waals surface area contributed by atoms with Crippen molar-refractivity contribution in [1.29, 1.82) is 0 Å². The highest BCUT2D eigenvalue weighted by molar-refractivity contribution is 8.00. The molecule has 2 rings (SSSR count). The molecule has 144 valence electrons. The highest BCUT2D eigenvalue weighted by Crippen LogP contribution is 2.41. The van der Waals surface area contributed by atoms with Gasteiger partial charge in [-0.25, -0.2) is 9.59 Å². The molecule has 10 heteroatoms. The maximum atomic E-state index is 12.7. The summed E-state index contributed by atoms with van der Waals surface area (Å²) in [7, 11) is 1.20. The van der Waals surface area contributed by atoms with Gasteiger partial charge in [0.1, 0.15) is 29.3 Å². The molecule has 2 heterocycles. The van der Waals surface area contributed by atoms with Crippen LogP contribution in [0.5, 0.6) is 0 Å². The van der Waals surface area contributed by atoms with Crippen molar-refractivity contribution < 1.29 is 33.4 Å². The number of hydrogen-bond donors (Lipinski definition) is 1. The fourth-order valence-electron chi connectivity index (χ4n) is 2.48. The number of ether oxygens (including phenoxy) is 3. The van der Waals surface area contributed by atoms with Gasteiger partial charge in [-0.05, 0) is 20.8 Å². The van der Waals surface area contributed by atoms with Crippen LogP contribution in [0.15, 0.2) is 11.3 Å².